The van der Waals surface area contributed by atoms with E-state index in [9.17, 15) is 4.79 Å². The second-order valence-corrected chi connectivity index (χ2v) is 4.09. The van der Waals surface area contributed by atoms with Gasteiger partial charge in [-0.05, 0) is 36.3 Å². The maximum Gasteiger partial charge on any atom is 0.296 e. The number of carbonyl (C=O) groups excluding carboxylic acids is 1. The molecule has 1 heterocycles. The Hall–Kier alpha value is -2.30. The molecule has 94 valence electrons. The molecule has 0 saturated carbocycles. The van der Waals surface area contributed by atoms with E-state index >= 15 is 0 Å². The van der Waals surface area contributed by atoms with Crippen LogP contribution in [0.3, 0.4) is 0 Å². The van der Waals surface area contributed by atoms with Gasteiger partial charge < -0.3 is 15.4 Å². The zero-order valence-corrected chi connectivity index (χ0v) is 10.6. The Morgan fingerprint density at radius 2 is 2.17 bits per heavy atom. The van der Waals surface area contributed by atoms with Gasteiger partial charge in [0.2, 0.25) is 5.96 Å². The van der Waals surface area contributed by atoms with Gasteiger partial charge in [0.05, 0.1) is 7.11 Å². The smallest absolute Gasteiger partial charge is 0.296 e. The number of guanidine groups is 1. The Bertz CT molecular complexity index is 561. The number of rotatable bonds is 2. The number of carbonyl (C=O) groups is 1. The zero-order chi connectivity index (χ0) is 13.3. The monoisotopic (exact) mass is 245 g/mol. The second kappa shape index (κ2) is 4.52. The van der Waals surface area contributed by atoms with Crippen LogP contribution in [0.1, 0.15) is 11.1 Å². The highest BCUT2D eigenvalue weighted by atomic mass is 16.5. The van der Waals surface area contributed by atoms with E-state index in [0.717, 1.165) is 16.9 Å². The molecule has 1 aromatic carbocycles. The number of aliphatic imine (C=N–C) groups is 1. The van der Waals surface area contributed by atoms with Crippen LogP contribution in [-0.4, -0.2) is 30.9 Å². The number of hydrogen-bond acceptors (Lipinski definition) is 4. The quantitative estimate of drug-likeness (QED) is 0.793. The lowest BCUT2D eigenvalue weighted by atomic mass is 10.1. The van der Waals surface area contributed by atoms with Gasteiger partial charge in [-0.15, -0.1) is 0 Å². The summed E-state index contributed by atoms with van der Waals surface area (Å²) in [6, 6.07) is 5.70. The molecule has 1 aliphatic rings. The summed E-state index contributed by atoms with van der Waals surface area (Å²) in [7, 11) is 3.34. The van der Waals surface area contributed by atoms with Crippen LogP contribution in [0.25, 0.3) is 6.08 Å². The fraction of sp³-hybridized carbons (Fsp3) is 0.231. The Labute approximate surface area is 106 Å². The van der Waals surface area contributed by atoms with Crippen molar-refractivity contribution >= 4 is 17.9 Å². The number of ether oxygens (including phenoxy) is 1. The SMILES string of the molecule is COc1ccc(/C=C2/C(=O)N=C(N)N2C)cc1C. The molecule has 2 rings (SSSR count). The maximum atomic E-state index is 11.6. The van der Waals surface area contributed by atoms with Crippen molar-refractivity contribution in [3.05, 3.63) is 35.0 Å². The molecular weight excluding hydrogens is 230 g/mol. The third kappa shape index (κ3) is 2.07. The van der Waals surface area contributed by atoms with Crippen LogP contribution in [0.5, 0.6) is 5.75 Å². The molecule has 0 radical (unpaired) electrons. The molecule has 5 heteroatoms. The van der Waals surface area contributed by atoms with Gasteiger partial charge in [-0.25, -0.2) is 0 Å². The Kier molecular flexibility index (Phi) is 3.06. The summed E-state index contributed by atoms with van der Waals surface area (Å²) in [6.07, 6.45) is 1.76. The highest BCUT2D eigenvalue weighted by Crippen LogP contribution is 2.22. The topological polar surface area (TPSA) is 67.9 Å². The van der Waals surface area contributed by atoms with Gasteiger partial charge in [-0.3, -0.25) is 4.79 Å². The Morgan fingerprint density at radius 1 is 1.44 bits per heavy atom. The van der Waals surface area contributed by atoms with E-state index < -0.39 is 0 Å². The predicted molar refractivity (Wildman–Crippen MR) is 70.1 cm³/mol. The van der Waals surface area contributed by atoms with Crippen molar-refractivity contribution < 1.29 is 9.53 Å². The van der Waals surface area contributed by atoms with E-state index in [1.807, 2.05) is 25.1 Å². The summed E-state index contributed by atoms with van der Waals surface area (Å²) in [6.45, 7) is 1.95. The molecule has 1 aliphatic heterocycles. The van der Waals surface area contributed by atoms with Gasteiger partial charge in [0.25, 0.3) is 5.91 Å². The minimum absolute atomic E-state index is 0.219. The van der Waals surface area contributed by atoms with Crippen LogP contribution >= 0.6 is 0 Å². The number of amides is 1. The molecule has 1 aromatic rings. The van der Waals surface area contributed by atoms with Gasteiger partial charge in [0.1, 0.15) is 11.4 Å². The van der Waals surface area contributed by atoms with Crippen LogP contribution in [0, 0.1) is 6.92 Å². The molecule has 0 aromatic heterocycles. The first-order valence-corrected chi connectivity index (χ1v) is 5.51. The van der Waals surface area contributed by atoms with E-state index in [4.69, 9.17) is 10.5 Å². The number of nitrogens with zero attached hydrogens (tertiary/aromatic N) is 2. The first-order chi connectivity index (χ1) is 8.52. The average molecular weight is 245 g/mol. The van der Waals surface area contributed by atoms with Crippen molar-refractivity contribution in [3.63, 3.8) is 0 Å². The summed E-state index contributed by atoms with van der Waals surface area (Å²) >= 11 is 0. The van der Waals surface area contributed by atoms with Gasteiger partial charge in [0.15, 0.2) is 0 Å². The maximum absolute atomic E-state index is 11.6. The van der Waals surface area contributed by atoms with Crippen LogP contribution < -0.4 is 10.5 Å². The fourth-order valence-electron chi connectivity index (χ4n) is 1.81. The van der Waals surface area contributed by atoms with Crippen molar-refractivity contribution in [1.29, 1.82) is 0 Å². The lowest BCUT2D eigenvalue weighted by molar-refractivity contribution is -0.114. The van der Waals surface area contributed by atoms with Gasteiger partial charge in [-0.1, -0.05) is 6.07 Å². The highest BCUT2D eigenvalue weighted by molar-refractivity contribution is 6.11. The number of benzene rings is 1. The summed E-state index contributed by atoms with van der Waals surface area (Å²) in [5.41, 5.74) is 7.97. The summed E-state index contributed by atoms with van der Waals surface area (Å²) in [5, 5.41) is 0. The third-order valence-electron chi connectivity index (χ3n) is 2.86. The molecule has 0 unspecified atom stereocenters. The van der Waals surface area contributed by atoms with Gasteiger partial charge in [-0.2, -0.15) is 4.99 Å². The molecule has 5 nitrogen and oxygen atoms in total. The van der Waals surface area contributed by atoms with E-state index in [2.05, 4.69) is 4.99 Å². The number of aryl methyl sites for hydroxylation is 1. The predicted octanol–water partition coefficient (Wildman–Crippen LogP) is 1.13. The van der Waals surface area contributed by atoms with Gasteiger partial charge >= 0.3 is 0 Å². The van der Waals surface area contributed by atoms with E-state index in [1.165, 1.54) is 0 Å². The molecule has 18 heavy (non-hydrogen) atoms. The fourth-order valence-corrected chi connectivity index (χ4v) is 1.81. The number of likely N-dealkylation sites (N-methyl/N-ethyl adjacent to an activating group) is 1. The van der Waals surface area contributed by atoms with E-state index in [-0.39, 0.29) is 11.9 Å². The van der Waals surface area contributed by atoms with Gasteiger partial charge in [0, 0.05) is 7.05 Å². The Morgan fingerprint density at radius 3 is 2.67 bits per heavy atom. The summed E-state index contributed by atoms with van der Waals surface area (Å²) in [5.74, 6) is 0.721. The molecule has 0 saturated heterocycles. The first-order valence-electron chi connectivity index (χ1n) is 5.51. The molecular formula is C13H15N3O2. The number of nitrogens with two attached hydrogens (primary N) is 1. The molecule has 0 fully saturated rings. The molecule has 0 aliphatic carbocycles. The molecule has 0 atom stereocenters. The highest BCUT2D eigenvalue weighted by Gasteiger charge is 2.23. The molecule has 2 N–H and O–H groups in total. The standard InChI is InChI=1S/C13H15N3O2/c1-8-6-9(4-5-11(8)18-3)7-10-12(17)15-13(14)16(10)2/h4-7H,1-3H3,(H2,14,15,17)/b10-7-. The molecule has 0 bridgehead atoms. The minimum Gasteiger partial charge on any atom is -0.496 e. The average Bonchev–Trinajstić information content (AvgIpc) is 2.56. The largest absolute Gasteiger partial charge is 0.496 e. The number of methoxy groups -OCH3 is 1. The summed E-state index contributed by atoms with van der Waals surface area (Å²) in [4.78, 5) is 16.9. The number of hydrogen-bond donors (Lipinski definition) is 1. The van der Waals surface area contributed by atoms with Crippen molar-refractivity contribution in [3.8, 4) is 5.75 Å². The lowest BCUT2D eigenvalue weighted by Crippen LogP contribution is -2.28. The zero-order valence-electron chi connectivity index (χ0n) is 10.6. The third-order valence-corrected chi connectivity index (χ3v) is 2.86. The van der Waals surface area contributed by atoms with Crippen molar-refractivity contribution in [2.75, 3.05) is 14.2 Å². The van der Waals surface area contributed by atoms with Crippen molar-refractivity contribution in [1.82, 2.24) is 4.90 Å². The summed E-state index contributed by atoms with van der Waals surface area (Å²) < 4.78 is 5.19. The van der Waals surface area contributed by atoms with E-state index in [1.54, 1.807) is 25.1 Å². The second-order valence-electron chi connectivity index (χ2n) is 4.09. The first kappa shape index (κ1) is 12.2. The molecule has 0 spiro atoms. The Balaban J connectivity index is 2.35. The van der Waals surface area contributed by atoms with Crippen LogP contribution in [0.15, 0.2) is 28.9 Å². The molecule has 1 amide bonds. The van der Waals surface area contributed by atoms with Crippen LogP contribution in [0.2, 0.25) is 0 Å². The lowest BCUT2D eigenvalue weighted by Gasteiger charge is -2.11. The van der Waals surface area contributed by atoms with E-state index in [0.29, 0.717) is 5.70 Å². The van der Waals surface area contributed by atoms with Crippen LogP contribution in [-0.2, 0) is 4.79 Å². The van der Waals surface area contributed by atoms with Crippen molar-refractivity contribution in [2.24, 2.45) is 10.7 Å². The minimum atomic E-state index is -0.316. The van der Waals surface area contributed by atoms with Crippen LogP contribution in [0.4, 0.5) is 0 Å². The van der Waals surface area contributed by atoms with Crippen molar-refractivity contribution in [2.45, 2.75) is 6.92 Å². The normalized spacial score (nSPS) is 17.3.